The highest BCUT2D eigenvalue weighted by Crippen LogP contribution is 2.36. The van der Waals surface area contributed by atoms with Crippen LogP contribution in [0.2, 0.25) is 0 Å². The number of carbonyl (C=O) groups is 2. The molecule has 2 aromatic carbocycles. The molecule has 0 fully saturated rings. The highest BCUT2D eigenvalue weighted by atomic mass is 16.6. The number of methoxy groups -OCH3 is 3. The Bertz CT molecular complexity index is 926. The Morgan fingerprint density at radius 2 is 1.62 bits per heavy atom. The van der Waals surface area contributed by atoms with E-state index in [0.29, 0.717) is 11.5 Å². The van der Waals surface area contributed by atoms with Gasteiger partial charge in [-0.2, -0.15) is 0 Å². The van der Waals surface area contributed by atoms with Crippen LogP contribution in [0.3, 0.4) is 0 Å². The van der Waals surface area contributed by atoms with Crippen LogP contribution in [0, 0.1) is 0 Å². The molecule has 0 spiro atoms. The second-order valence-corrected chi connectivity index (χ2v) is 6.85. The van der Waals surface area contributed by atoms with E-state index in [1.165, 1.54) is 27.4 Å². The number of nitrogens with zero attached hydrogens (tertiary/aromatic N) is 1. The van der Waals surface area contributed by atoms with Crippen LogP contribution >= 0.6 is 0 Å². The average Bonchev–Trinajstić information content (AvgIpc) is 3.07. The lowest BCUT2D eigenvalue weighted by molar-refractivity contribution is -0.126. The Morgan fingerprint density at radius 1 is 1.00 bits per heavy atom. The maximum absolute atomic E-state index is 13.0. The first kappa shape index (κ1) is 20.5. The number of anilines is 1. The van der Waals surface area contributed by atoms with Crippen molar-refractivity contribution in [2.75, 3.05) is 26.2 Å². The van der Waals surface area contributed by atoms with Gasteiger partial charge in [0.1, 0.15) is 11.3 Å². The van der Waals surface area contributed by atoms with E-state index in [4.69, 9.17) is 18.9 Å². The first-order valence-corrected chi connectivity index (χ1v) is 9.33. The molecule has 154 valence electrons. The Kier molecular flexibility index (Phi) is 5.96. The van der Waals surface area contributed by atoms with Gasteiger partial charge < -0.3 is 23.8 Å². The molecular weight excluding hydrogens is 374 g/mol. The van der Waals surface area contributed by atoms with Gasteiger partial charge in [0.15, 0.2) is 17.6 Å². The van der Waals surface area contributed by atoms with E-state index in [1.807, 2.05) is 31.2 Å². The highest BCUT2D eigenvalue weighted by Gasteiger charge is 2.35. The van der Waals surface area contributed by atoms with Crippen molar-refractivity contribution in [3.63, 3.8) is 0 Å². The highest BCUT2D eigenvalue weighted by molar-refractivity contribution is 6.01. The molecule has 1 heterocycles. The normalized spacial score (nSPS) is 16.0. The lowest BCUT2D eigenvalue weighted by Gasteiger charge is -2.26. The Balaban J connectivity index is 1.81. The van der Waals surface area contributed by atoms with E-state index in [2.05, 4.69) is 0 Å². The monoisotopic (exact) mass is 399 g/mol. The lowest BCUT2D eigenvalue weighted by Crippen LogP contribution is -2.43. The minimum Gasteiger partial charge on any atom is -0.496 e. The van der Waals surface area contributed by atoms with Crippen molar-refractivity contribution < 1.29 is 28.5 Å². The number of benzene rings is 2. The SMILES string of the molecule is COc1cc(OC)c(C(=O)O[C@@H](C)C(=O)N2c3ccccc3C[C@H]2C)cc1OC. The molecule has 0 radical (unpaired) electrons. The summed E-state index contributed by atoms with van der Waals surface area (Å²) in [4.78, 5) is 27.5. The summed E-state index contributed by atoms with van der Waals surface area (Å²) in [6, 6.07) is 10.8. The van der Waals surface area contributed by atoms with Crippen molar-refractivity contribution >= 4 is 17.6 Å². The second-order valence-electron chi connectivity index (χ2n) is 6.85. The average molecular weight is 399 g/mol. The van der Waals surface area contributed by atoms with Crippen molar-refractivity contribution in [2.24, 2.45) is 0 Å². The van der Waals surface area contributed by atoms with Gasteiger partial charge in [-0.1, -0.05) is 18.2 Å². The van der Waals surface area contributed by atoms with Crippen LogP contribution in [0.4, 0.5) is 5.69 Å². The molecule has 1 amide bonds. The predicted octanol–water partition coefficient (Wildman–Crippen LogP) is 3.24. The molecule has 7 heteroatoms. The summed E-state index contributed by atoms with van der Waals surface area (Å²) in [5.74, 6) is 0.111. The molecule has 0 aliphatic carbocycles. The number of esters is 1. The fraction of sp³-hybridized carbons (Fsp3) is 0.364. The van der Waals surface area contributed by atoms with E-state index in [-0.39, 0.29) is 23.3 Å². The zero-order valence-electron chi connectivity index (χ0n) is 17.2. The van der Waals surface area contributed by atoms with Crippen LogP contribution in [0.25, 0.3) is 0 Å². The van der Waals surface area contributed by atoms with Crippen LogP contribution in [-0.4, -0.2) is 45.4 Å². The lowest BCUT2D eigenvalue weighted by atomic mass is 10.1. The molecule has 0 aromatic heterocycles. The third kappa shape index (κ3) is 3.85. The third-order valence-electron chi connectivity index (χ3n) is 5.00. The molecule has 0 N–H and O–H groups in total. The minimum atomic E-state index is -0.964. The molecular formula is C22H25NO6. The molecule has 7 nitrogen and oxygen atoms in total. The van der Waals surface area contributed by atoms with Gasteiger partial charge >= 0.3 is 5.97 Å². The Labute approximate surface area is 170 Å². The first-order valence-electron chi connectivity index (χ1n) is 9.33. The van der Waals surface area contributed by atoms with Gasteiger partial charge in [-0.3, -0.25) is 4.79 Å². The number of ether oxygens (including phenoxy) is 4. The van der Waals surface area contributed by atoms with E-state index < -0.39 is 12.1 Å². The van der Waals surface area contributed by atoms with Crippen LogP contribution in [-0.2, 0) is 16.0 Å². The molecule has 1 aliphatic rings. The van der Waals surface area contributed by atoms with E-state index >= 15 is 0 Å². The summed E-state index contributed by atoms with van der Waals surface area (Å²) in [5, 5.41) is 0. The van der Waals surface area contributed by atoms with Crippen molar-refractivity contribution in [1.29, 1.82) is 0 Å². The first-order chi connectivity index (χ1) is 13.9. The van der Waals surface area contributed by atoms with Crippen LogP contribution < -0.4 is 19.1 Å². The number of fused-ring (bicyclic) bond motifs is 1. The van der Waals surface area contributed by atoms with Gasteiger partial charge in [-0.25, -0.2) is 4.79 Å². The second kappa shape index (κ2) is 8.43. The quantitative estimate of drug-likeness (QED) is 0.695. The Morgan fingerprint density at radius 3 is 2.28 bits per heavy atom. The van der Waals surface area contributed by atoms with Gasteiger partial charge in [0.2, 0.25) is 0 Å². The van der Waals surface area contributed by atoms with Gasteiger partial charge in [0, 0.05) is 23.9 Å². The van der Waals surface area contributed by atoms with Crippen LogP contribution in [0.5, 0.6) is 17.2 Å². The van der Waals surface area contributed by atoms with Gasteiger partial charge in [-0.15, -0.1) is 0 Å². The molecule has 1 aliphatic heterocycles. The summed E-state index contributed by atoms with van der Waals surface area (Å²) in [6.07, 6.45) is -0.194. The van der Waals surface area contributed by atoms with E-state index in [0.717, 1.165) is 17.7 Å². The maximum Gasteiger partial charge on any atom is 0.342 e. The zero-order chi connectivity index (χ0) is 21.1. The standard InChI is InChI=1S/C22H25NO6/c1-13-10-15-8-6-7-9-17(15)23(13)21(24)14(2)29-22(25)16-11-19(27-4)20(28-5)12-18(16)26-3/h6-9,11-14H,10H2,1-5H3/t13-,14+/m1/s1. The molecule has 0 saturated carbocycles. The third-order valence-corrected chi connectivity index (χ3v) is 5.00. The molecule has 0 unspecified atom stereocenters. The number of rotatable bonds is 6. The van der Waals surface area contributed by atoms with Gasteiger partial charge in [-0.05, 0) is 31.9 Å². The van der Waals surface area contributed by atoms with Crippen molar-refractivity contribution in [2.45, 2.75) is 32.4 Å². The molecule has 2 aromatic rings. The van der Waals surface area contributed by atoms with Crippen molar-refractivity contribution in [3.05, 3.63) is 47.5 Å². The number of amides is 1. The largest absolute Gasteiger partial charge is 0.496 e. The van der Waals surface area contributed by atoms with E-state index in [1.54, 1.807) is 17.9 Å². The number of para-hydroxylation sites is 1. The van der Waals surface area contributed by atoms with Crippen molar-refractivity contribution in [1.82, 2.24) is 0 Å². The summed E-state index contributed by atoms with van der Waals surface area (Å²) in [5.41, 5.74) is 2.12. The topological polar surface area (TPSA) is 74.3 Å². The minimum absolute atomic E-state index is 0.00308. The zero-order valence-corrected chi connectivity index (χ0v) is 17.2. The van der Waals surface area contributed by atoms with E-state index in [9.17, 15) is 9.59 Å². The summed E-state index contributed by atoms with van der Waals surface area (Å²) >= 11 is 0. The van der Waals surface area contributed by atoms with Gasteiger partial charge in [0.25, 0.3) is 5.91 Å². The molecule has 0 bridgehead atoms. The van der Waals surface area contributed by atoms with Crippen molar-refractivity contribution in [3.8, 4) is 17.2 Å². The smallest absolute Gasteiger partial charge is 0.342 e. The molecule has 3 rings (SSSR count). The summed E-state index contributed by atoms with van der Waals surface area (Å²) in [7, 11) is 4.40. The number of hydrogen-bond donors (Lipinski definition) is 0. The molecule has 29 heavy (non-hydrogen) atoms. The number of carbonyl (C=O) groups excluding carboxylic acids is 2. The van der Waals surface area contributed by atoms with Gasteiger partial charge in [0.05, 0.1) is 21.3 Å². The Hall–Kier alpha value is -3.22. The fourth-order valence-electron chi connectivity index (χ4n) is 3.56. The number of hydrogen-bond acceptors (Lipinski definition) is 6. The molecule has 2 atom stereocenters. The van der Waals surface area contributed by atoms with Crippen LogP contribution in [0.15, 0.2) is 36.4 Å². The molecule has 0 saturated heterocycles. The van der Waals surface area contributed by atoms with Crippen LogP contribution in [0.1, 0.15) is 29.8 Å². The summed E-state index contributed by atoms with van der Waals surface area (Å²) < 4.78 is 21.2. The summed E-state index contributed by atoms with van der Waals surface area (Å²) in [6.45, 7) is 3.55. The predicted molar refractivity (Wildman–Crippen MR) is 108 cm³/mol. The maximum atomic E-state index is 13.0. The fourth-order valence-corrected chi connectivity index (χ4v) is 3.56.